The first-order valence-corrected chi connectivity index (χ1v) is 8.04. The number of hydrogen-bond acceptors (Lipinski definition) is 4. The van der Waals surface area contributed by atoms with E-state index < -0.39 is 10.2 Å². The predicted octanol–water partition coefficient (Wildman–Crippen LogP) is 1.46. The van der Waals surface area contributed by atoms with Crippen LogP contribution < -0.4 is 9.46 Å². The van der Waals surface area contributed by atoms with Crippen molar-refractivity contribution in [2.75, 3.05) is 31.0 Å². The fourth-order valence-electron chi connectivity index (χ4n) is 1.87. The molecule has 1 fully saturated rings. The van der Waals surface area contributed by atoms with Crippen LogP contribution in [0.1, 0.15) is 13.8 Å². The maximum Gasteiger partial charge on any atom is 0.301 e. The summed E-state index contributed by atoms with van der Waals surface area (Å²) in [6.07, 6.45) is 0.0888. The number of rotatable bonds is 5. The molecule has 0 aromatic heterocycles. The summed E-state index contributed by atoms with van der Waals surface area (Å²) >= 11 is 0. The lowest BCUT2D eigenvalue weighted by Crippen LogP contribution is -2.43. The zero-order valence-corrected chi connectivity index (χ0v) is 12.5. The van der Waals surface area contributed by atoms with E-state index in [4.69, 9.17) is 9.47 Å². The fourth-order valence-corrected chi connectivity index (χ4v) is 3.07. The number of hydrogen-bond donors (Lipinski definition) is 1. The van der Waals surface area contributed by atoms with Gasteiger partial charge in [-0.3, -0.25) is 4.72 Å². The molecule has 7 heteroatoms. The van der Waals surface area contributed by atoms with Gasteiger partial charge in [-0.05, 0) is 38.1 Å². The number of nitrogens with one attached hydrogen (secondary N) is 1. The molecule has 2 rings (SSSR count). The molecule has 0 amide bonds. The van der Waals surface area contributed by atoms with Gasteiger partial charge in [-0.25, -0.2) is 0 Å². The predicted molar refractivity (Wildman–Crippen MR) is 77.1 cm³/mol. The molecule has 20 heavy (non-hydrogen) atoms. The van der Waals surface area contributed by atoms with E-state index in [9.17, 15) is 8.42 Å². The quantitative estimate of drug-likeness (QED) is 0.894. The third kappa shape index (κ3) is 4.09. The summed E-state index contributed by atoms with van der Waals surface area (Å²) in [5, 5.41) is 0. The molecule has 1 aliphatic rings. The maximum atomic E-state index is 12.1. The normalized spacial score (nSPS) is 17.1. The van der Waals surface area contributed by atoms with Gasteiger partial charge < -0.3 is 9.47 Å². The van der Waals surface area contributed by atoms with Crippen LogP contribution in [0.3, 0.4) is 0 Å². The molecular formula is C13H20N2O4S. The Morgan fingerprint density at radius 3 is 2.35 bits per heavy atom. The van der Waals surface area contributed by atoms with Gasteiger partial charge in [0.1, 0.15) is 5.75 Å². The Bertz CT molecular complexity index is 522. The molecule has 0 bridgehead atoms. The van der Waals surface area contributed by atoms with Crippen LogP contribution in [-0.4, -0.2) is 45.1 Å². The Hall–Kier alpha value is -1.31. The molecule has 1 aromatic carbocycles. The number of ether oxygens (including phenoxy) is 2. The van der Waals surface area contributed by atoms with Gasteiger partial charge in [-0.2, -0.15) is 12.7 Å². The van der Waals surface area contributed by atoms with Crippen molar-refractivity contribution >= 4 is 15.9 Å². The van der Waals surface area contributed by atoms with E-state index in [0.717, 1.165) is 0 Å². The Morgan fingerprint density at radius 1 is 1.20 bits per heavy atom. The Labute approximate surface area is 119 Å². The monoisotopic (exact) mass is 300 g/mol. The lowest BCUT2D eigenvalue weighted by atomic mass is 10.3. The van der Waals surface area contributed by atoms with Crippen LogP contribution >= 0.6 is 0 Å². The summed E-state index contributed by atoms with van der Waals surface area (Å²) in [7, 11) is -3.51. The Kier molecular flexibility index (Phi) is 4.85. The van der Waals surface area contributed by atoms with Crippen molar-refractivity contribution in [3.8, 4) is 5.75 Å². The van der Waals surface area contributed by atoms with Crippen LogP contribution in [0.4, 0.5) is 5.69 Å². The molecule has 0 aliphatic carbocycles. The average Bonchev–Trinajstić information content (AvgIpc) is 2.41. The van der Waals surface area contributed by atoms with E-state index in [2.05, 4.69) is 4.72 Å². The topological polar surface area (TPSA) is 67.9 Å². The van der Waals surface area contributed by atoms with Gasteiger partial charge in [-0.15, -0.1) is 0 Å². The number of nitrogens with zero attached hydrogens (tertiary/aromatic N) is 1. The first kappa shape index (κ1) is 15.1. The van der Waals surface area contributed by atoms with E-state index in [0.29, 0.717) is 37.7 Å². The number of anilines is 1. The largest absolute Gasteiger partial charge is 0.491 e. The minimum Gasteiger partial charge on any atom is -0.491 e. The van der Waals surface area contributed by atoms with Crippen LogP contribution in [-0.2, 0) is 14.9 Å². The molecule has 1 heterocycles. The van der Waals surface area contributed by atoms with E-state index >= 15 is 0 Å². The second-order valence-corrected chi connectivity index (χ2v) is 6.48. The average molecular weight is 300 g/mol. The van der Waals surface area contributed by atoms with Crippen LogP contribution in [0.2, 0.25) is 0 Å². The highest BCUT2D eigenvalue weighted by molar-refractivity contribution is 7.90. The van der Waals surface area contributed by atoms with Crippen LogP contribution in [0.25, 0.3) is 0 Å². The van der Waals surface area contributed by atoms with Crippen molar-refractivity contribution in [1.29, 1.82) is 0 Å². The van der Waals surface area contributed by atoms with Gasteiger partial charge in [0, 0.05) is 13.1 Å². The smallest absolute Gasteiger partial charge is 0.301 e. The highest BCUT2D eigenvalue weighted by Crippen LogP contribution is 2.19. The number of morpholine rings is 1. The number of benzene rings is 1. The summed E-state index contributed by atoms with van der Waals surface area (Å²) in [5.74, 6) is 0.717. The summed E-state index contributed by atoms with van der Waals surface area (Å²) in [6, 6.07) is 6.87. The zero-order valence-electron chi connectivity index (χ0n) is 11.7. The minimum atomic E-state index is -3.51. The highest BCUT2D eigenvalue weighted by atomic mass is 32.2. The molecule has 1 aliphatic heterocycles. The lowest BCUT2D eigenvalue weighted by molar-refractivity contribution is 0.0733. The van der Waals surface area contributed by atoms with Crippen LogP contribution in [0.5, 0.6) is 5.75 Å². The first-order valence-electron chi connectivity index (χ1n) is 6.60. The van der Waals surface area contributed by atoms with E-state index in [1.807, 2.05) is 13.8 Å². The highest BCUT2D eigenvalue weighted by Gasteiger charge is 2.23. The first-order chi connectivity index (χ1) is 9.47. The van der Waals surface area contributed by atoms with Crippen LogP contribution in [0, 0.1) is 0 Å². The van der Waals surface area contributed by atoms with Crippen molar-refractivity contribution in [3.05, 3.63) is 24.3 Å². The van der Waals surface area contributed by atoms with Gasteiger partial charge in [0.25, 0.3) is 0 Å². The molecule has 6 nitrogen and oxygen atoms in total. The maximum absolute atomic E-state index is 12.1. The third-order valence-corrected chi connectivity index (χ3v) is 4.32. The van der Waals surface area contributed by atoms with Gasteiger partial charge >= 0.3 is 10.2 Å². The van der Waals surface area contributed by atoms with Crippen molar-refractivity contribution in [2.24, 2.45) is 0 Å². The van der Waals surface area contributed by atoms with Crippen LogP contribution in [0.15, 0.2) is 24.3 Å². The molecular weight excluding hydrogens is 280 g/mol. The molecule has 0 radical (unpaired) electrons. The summed E-state index contributed by atoms with van der Waals surface area (Å²) in [4.78, 5) is 0. The van der Waals surface area contributed by atoms with E-state index in [-0.39, 0.29) is 6.10 Å². The van der Waals surface area contributed by atoms with E-state index in [1.165, 1.54) is 4.31 Å². The fraction of sp³-hybridized carbons (Fsp3) is 0.538. The second kappa shape index (κ2) is 6.43. The van der Waals surface area contributed by atoms with Crippen molar-refractivity contribution < 1.29 is 17.9 Å². The molecule has 1 N–H and O–H groups in total. The standard InChI is InChI=1S/C13H20N2O4S/c1-11(2)19-13-5-3-12(4-6-13)14-20(16,17)15-7-9-18-10-8-15/h3-6,11,14H,7-10H2,1-2H3. The summed E-state index contributed by atoms with van der Waals surface area (Å²) < 4.78 is 38.9. The third-order valence-electron chi connectivity index (χ3n) is 2.78. The molecule has 112 valence electrons. The van der Waals surface area contributed by atoms with Gasteiger partial charge in [-0.1, -0.05) is 0 Å². The van der Waals surface area contributed by atoms with Gasteiger partial charge in [0.05, 0.1) is 25.0 Å². The molecule has 0 unspecified atom stereocenters. The molecule has 1 aromatic rings. The Morgan fingerprint density at radius 2 is 1.80 bits per heavy atom. The zero-order chi connectivity index (χ0) is 14.6. The lowest BCUT2D eigenvalue weighted by Gasteiger charge is -2.26. The Balaban J connectivity index is 2.01. The molecule has 0 atom stereocenters. The summed E-state index contributed by atoms with van der Waals surface area (Å²) in [6.45, 7) is 5.50. The molecule has 0 spiro atoms. The summed E-state index contributed by atoms with van der Waals surface area (Å²) in [5.41, 5.74) is 0.521. The van der Waals surface area contributed by atoms with Gasteiger partial charge in [0.2, 0.25) is 0 Å². The van der Waals surface area contributed by atoms with E-state index in [1.54, 1.807) is 24.3 Å². The van der Waals surface area contributed by atoms with Crippen molar-refractivity contribution in [3.63, 3.8) is 0 Å². The van der Waals surface area contributed by atoms with Gasteiger partial charge in [0.15, 0.2) is 0 Å². The molecule has 0 saturated carbocycles. The minimum absolute atomic E-state index is 0.0888. The molecule has 1 saturated heterocycles. The second-order valence-electron chi connectivity index (χ2n) is 4.81. The van der Waals surface area contributed by atoms with Crippen molar-refractivity contribution in [2.45, 2.75) is 20.0 Å². The SMILES string of the molecule is CC(C)Oc1ccc(NS(=O)(=O)N2CCOCC2)cc1. The van der Waals surface area contributed by atoms with Crippen molar-refractivity contribution in [1.82, 2.24) is 4.31 Å².